The number of hydrogen-bond acceptors (Lipinski definition) is 3. The number of hydrogen-bond donors (Lipinski definition) is 1. The molecule has 1 unspecified atom stereocenters. The molecule has 0 bridgehead atoms. The molecule has 4 heteroatoms. The predicted molar refractivity (Wildman–Crippen MR) is 79.2 cm³/mol. The van der Waals surface area contributed by atoms with E-state index < -0.39 is 0 Å². The summed E-state index contributed by atoms with van der Waals surface area (Å²) in [5.41, 5.74) is 2.11. The Bertz CT molecular complexity index is 621. The fraction of sp³-hybridized carbons (Fsp3) is 0.375. The number of likely N-dealkylation sites (N-methyl/N-ethyl adjacent to an activating group) is 1. The first-order valence-electron chi connectivity index (χ1n) is 7.08. The Morgan fingerprint density at radius 2 is 2.20 bits per heavy atom. The van der Waals surface area contributed by atoms with Crippen molar-refractivity contribution in [3.05, 3.63) is 42.1 Å². The number of aromatic nitrogens is 1. The van der Waals surface area contributed by atoms with E-state index in [9.17, 15) is 4.79 Å². The van der Waals surface area contributed by atoms with Crippen LogP contribution in [0, 0.1) is 0 Å². The maximum atomic E-state index is 12.3. The fourth-order valence-electron chi connectivity index (χ4n) is 2.87. The van der Waals surface area contributed by atoms with Gasteiger partial charge in [-0.2, -0.15) is 0 Å². The highest BCUT2D eigenvalue weighted by Gasteiger charge is 2.27. The van der Waals surface area contributed by atoms with Crippen molar-refractivity contribution in [2.45, 2.75) is 25.4 Å². The molecule has 1 atom stereocenters. The topological polar surface area (TPSA) is 45.2 Å². The van der Waals surface area contributed by atoms with Gasteiger partial charge in [0.2, 0.25) is 5.91 Å². The molecule has 1 N–H and O–H groups in total. The van der Waals surface area contributed by atoms with E-state index in [0.29, 0.717) is 6.54 Å². The quantitative estimate of drug-likeness (QED) is 0.926. The van der Waals surface area contributed by atoms with Gasteiger partial charge in [-0.25, -0.2) is 0 Å². The average molecular weight is 269 g/mol. The van der Waals surface area contributed by atoms with Gasteiger partial charge in [0.25, 0.3) is 0 Å². The molecule has 0 saturated carbocycles. The first kappa shape index (κ1) is 13.1. The minimum atomic E-state index is -0.0355. The number of fused-ring (bicyclic) bond motifs is 1. The number of rotatable bonds is 3. The minimum absolute atomic E-state index is 0.0355. The number of carbonyl (C=O) groups excluding carboxylic acids is 1. The van der Waals surface area contributed by atoms with Gasteiger partial charge in [-0.05, 0) is 31.5 Å². The third-order valence-corrected chi connectivity index (χ3v) is 3.96. The van der Waals surface area contributed by atoms with Gasteiger partial charge in [-0.3, -0.25) is 9.78 Å². The van der Waals surface area contributed by atoms with Gasteiger partial charge in [-0.1, -0.05) is 24.3 Å². The first-order valence-corrected chi connectivity index (χ1v) is 7.08. The van der Waals surface area contributed by atoms with Gasteiger partial charge in [0.15, 0.2) is 0 Å². The van der Waals surface area contributed by atoms with Crippen LogP contribution in [0.2, 0.25) is 0 Å². The summed E-state index contributed by atoms with van der Waals surface area (Å²) in [6, 6.07) is 10.1. The number of nitrogens with zero attached hydrogens (tertiary/aromatic N) is 2. The van der Waals surface area contributed by atoms with Crippen molar-refractivity contribution < 1.29 is 4.79 Å². The molecule has 2 heterocycles. The van der Waals surface area contributed by atoms with Gasteiger partial charge in [0.05, 0.1) is 11.6 Å². The lowest BCUT2D eigenvalue weighted by Gasteiger charge is -2.32. The van der Waals surface area contributed by atoms with E-state index >= 15 is 0 Å². The third-order valence-electron chi connectivity index (χ3n) is 3.96. The zero-order valence-corrected chi connectivity index (χ0v) is 11.7. The van der Waals surface area contributed by atoms with Crippen LogP contribution in [0.3, 0.4) is 0 Å². The van der Waals surface area contributed by atoms with Crippen molar-refractivity contribution in [2.24, 2.45) is 0 Å². The fourth-order valence-corrected chi connectivity index (χ4v) is 2.87. The molecule has 2 aromatic rings. The molecule has 1 aromatic heterocycles. The first-order chi connectivity index (χ1) is 9.79. The molecule has 1 aliphatic rings. The van der Waals surface area contributed by atoms with Crippen LogP contribution >= 0.6 is 0 Å². The molecule has 0 spiro atoms. The monoisotopic (exact) mass is 269 g/mol. The zero-order chi connectivity index (χ0) is 13.9. The van der Waals surface area contributed by atoms with E-state index in [1.807, 2.05) is 24.1 Å². The summed E-state index contributed by atoms with van der Waals surface area (Å²) in [5, 5.41) is 4.22. The number of para-hydroxylation sites is 1. The van der Waals surface area contributed by atoms with E-state index in [-0.39, 0.29) is 11.9 Å². The van der Waals surface area contributed by atoms with E-state index in [2.05, 4.69) is 28.5 Å². The summed E-state index contributed by atoms with van der Waals surface area (Å²) < 4.78 is 0. The highest BCUT2D eigenvalue weighted by atomic mass is 16.2. The van der Waals surface area contributed by atoms with Crippen molar-refractivity contribution in [1.29, 1.82) is 0 Å². The summed E-state index contributed by atoms with van der Waals surface area (Å²) >= 11 is 0. The predicted octanol–water partition coefficient (Wildman–Crippen LogP) is 1.95. The van der Waals surface area contributed by atoms with Gasteiger partial charge < -0.3 is 10.2 Å². The van der Waals surface area contributed by atoms with Crippen molar-refractivity contribution in [3.8, 4) is 0 Å². The Labute approximate surface area is 118 Å². The number of amides is 1. The van der Waals surface area contributed by atoms with Crippen LogP contribution in [-0.4, -0.2) is 35.4 Å². The van der Waals surface area contributed by atoms with Crippen LogP contribution in [0.1, 0.15) is 18.4 Å². The highest BCUT2D eigenvalue weighted by molar-refractivity contribution is 5.84. The zero-order valence-electron chi connectivity index (χ0n) is 11.7. The van der Waals surface area contributed by atoms with Gasteiger partial charge in [-0.15, -0.1) is 0 Å². The van der Waals surface area contributed by atoms with Crippen LogP contribution in [0.4, 0.5) is 0 Å². The molecule has 1 aliphatic heterocycles. The largest absolute Gasteiger partial charge is 0.337 e. The molecule has 3 rings (SSSR count). The lowest BCUT2D eigenvalue weighted by Crippen LogP contribution is -2.49. The highest BCUT2D eigenvalue weighted by Crippen LogP contribution is 2.20. The van der Waals surface area contributed by atoms with Crippen LogP contribution in [0.15, 0.2) is 36.5 Å². The maximum absolute atomic E-state index is 12.3. The van der Waals surface area contributed by atoms with Crippen LogP contribution in [-0.2, 0) is 11.3 Å². The molecular formula is C16H19N3O. The number of piperidine rings is 1. The van der Waals surface area contributed by atoms with Crippen LogP contribution in [0.25, 0.3) is 10.9 Å². The molecule has 104 valence electrons. The van der Waals surface area contributed by atoms with Crippen LogP contribution in [0.5, 0.6) is 0 Å². The average Bonchev–Trinajstić information content (AvgIpc) is 2.50. The molecule has 0 radical (unpaired) electrons. The smallest absolute Gasteiger partial charge is 0.239 e. The Kier molecular flexibility index (Phi) is 3.65. The summed E-state index contributed by atoms with van der Waals surface area (Å²) in [5.74, 6) is 0.201. The molecule has 20 heavy (non-hydrogen) atoms. The Hall–Kier alpha value is -1.94. The number of carbonyl (C=O) groups is 1. The molecular weight excluding hydrogens is 250 g/mol. The van der Waals surface area contributed by atoms with Crippen molar-refractivity contribution in [1.82, 2.24) is 15.2 Å². The van der Waals surface area contributed by atoms with Crippen molar-refractivity contribution >= 4 is 16.8 Å². The van der Waals surface area contributed by atoms with Crippen molar-refractivity contribution in [2.75, 3.05) is 13.6 Å². The molecule has 4 nitrogen and oxygen atoms in total. The maximum Gasteiger partial charge on any atom is 0.239 e. The normalized spacial score (nSPS) is 19.6. The second kappa shape index (κ2) is 5.59. The van der Waals surface area contributed by atoms with Gasteiger partial charge in [0.1, 0.15) is 0 Å². The summed E-state index contributed by atoms with van der Waals surface area (Å²) in [4.78, 5) is 18.7. The number of nitrogens with one attached hydrogen (secondary N) is 1. The molecule has 1 saturated heterocycles. The van der Waals surface area contributed by atoms with Gasteiger partial charge in [0, 0.05) is 24.7 Å². The Morgan fingerprint density at radius 1 is 1.35 bits per heavy atom. The Balaban J connectivity index is 1.87. The second-order valence-electron chi connectivity index (χ2n) is 5.24. The van der Waals surface area contributed by atoms with E-state index in [1.54, 1.807) is 6.20 Å². The second-order valence-corrected chi connectivity index (χ2v) is 5.24. The summed E-state index contributed by atoms with van der Waals surface area (Å²) in [6.07, 6.45) is 3.79. The molecule has 0 aliphatic carbocycles. The minimum Gasteiger partial charge on any atom is -0.337 e. The summed E-state index contributed by atoms with van der Waals surface area (Å²) in [7, 11) is 1.85. The number of benzene rings is 1. The molecule has 1 aromatic carbocycles. The molecule has 1 amide bonds. The SMILES string of the molecule is CNC1CCCN(Cc2cccc3cccnc23)C1=O. The van der Waals surface area contributed by atoms with E-state index in [1.165, 1.54) is 0 Å². The standard InChI is InChI=1S/C16H19N3O/c1-17-14-8-4-10-19(16(14)20)11-13-6-2-5-12-7-3-9-18-15(12)13/h2-3,5-7,9,14,17H,4,8,10-11H2,1H3. The third kappa shape index (κ3) is 2.39. The molecule has 1 fully saturated rings. The van der Waals surface area contributed by atoms with Gasteiger partial charge >= 0.3 is 0 Å². The van der Waals surface area contributed by atoms with Crippen molar-refractivity contribution in [3.63, 3.8) is 0 Å². The number of pyridine rings is 1. The Morgan fingerprint density at radius 3 is 3.05 bits per heavy atom. The lowest BCUT2D eigenvalue weighted by molar-refractivity contribution is -0.136. The van der Waals surface area contributed by atoms with E-state index in [4.69, 9.17) is 0 Å². The van der Waals surface area contributed by atoms with E-state index in [0.717, 1.165) is 35.9 Å². The number of likely N-dealkylation sites (tertiary alicyclic amines) is 1. The lowest BCUT2D eigenvalue weighted by atomic mass is 10.0. The summed E-state index contributed by atoms with van der Waals surface area (Å²) in [6.45, 7) is 1.48. The van der Waals surface area contributed by atoms with Crippen LogP contribution < -0.4 is 5.32 Å².